The molecule has 1 aromatic carbocycles. The van der Waals surface area contributed by atoms with Gasteiger partial charge in [0.2, 0.25) is 5.88 Å². The van der Waals surface area contributed by atoms with Gasteiger partial charge in [0.1, 0.15) is 12.1 Å². The molecule has 0 radical (unpaired) electrons. The van der Waals surface area contributed by atoms with Gasteiger partial charge >= 0.3 is 6.61 Å². The van der Waals surface area contributed by atoms with Crippen molar-refractivity contribution in [3.63, 3.8) is 0 Å². The van der Waals surface area contributed by atoms with Gasteiger partial charge in [-0.1, -0.05) is 38.8 Å². The van der Waals surface area contributed by atoms with Gasteiger partial charge in [0.05, 0.1) is 11.2 Å². The highest BCUT2D eigenvalue weighted by molar-refractivity contribution is 5.94. The summed E-state index contributed by atoms with van der Waals surface area (Å²) in [5.41, 5.74) is 4.60. The number of halogens is 2. The Morgan fingerprint density at radius 2 is 1.87 bits per heavy atom. The number of anilines is 1. The van der Waals surface area contributed by atoms with Crippen molar-refractivity contribution < 1.29 is 13.5 Å². The summed E-state index contributed by atoms with van der Waals surface area (Å²) in [6.45, 7) is 1.50. The molecule has 0 fully saturated rings. The second-order valence-electron chi connectivity index (χ2n) is 7.72. The minimum Gasteiger partial charge on any atom is -0.417 e. The fourth-order valence-corrected chi connectivity index (χ4v) is 4.14. The Morgan fingerprint density at radius 1 is 1.06 bits per heavy atom. The number of hydrogen-bond acceptors (Lipinski definition) is 5. The number of pyridine rings is 1. The number of aromatic nitrogens is 3. The van der Waals surface area contributed by atoms with Gasteiger partial charge in [-0.3, -0.25) is 0 Å². The molecule has 0 saturated heterocycles. The third-order valence-corrected chi connectivity index (χ3v) is 5.51. The third-order valence-electron chi connectivity index (χ3n) is 5.51. The van der Waals surface area contributed by atoms with Crippen LogP contribution in [0.5, 0.6) is 5.88 Å². The first-order valence-electron chi connectivity index (χ1n) is 10.8. The highest BCUT2D eigenvalue weighted by atomic mass is 19.3. The largest absolute Gasteiger partial charge is 0.417 e. The van der Waals surface area contributed by atoms with E-state index in [-0.39, 0.29) is 5.88 Å². The molecule has 0 bridgehead atoms. The van der Waals surface area contributed by atoms with E-state index in [4.69, 9.17) is 0 Å². The van der Waals surface area contributed by atoms with Crippen LogP contribution in [-0.2, 0) is 6.42 Å². The highest BCUT2D eigenvalue weighted by Gasteiger charge is 2.20. The van der Waals surface area contributed by atoms with Crippen molar-refractivity contribution >= 4 is 22.3 Å². The van der Waals surface area contributed by atoms with Crippen LogP contribution in [0.4, 0.5) is 14.6 Å². The van der Waals surface area contributed by atoms with Crippen molar-refractivity contribution in [1.29, 1.82) is 0 Å². The molecule has 31 heavy (non-hydrogen) atoms. The van der Waals surface area contributed by atoms with E-state index in [1.54, 1.807) is 12.4 Å². The fourth-order valence-electron chi connectivity index (χ4n) is 4.14. The summed E-state index contributed by atoms with van der Waals surface area (Å²) in [4.78, 5) is 13.2. The molecule has 0 atom stereocenters. The van der Waals surface area contributed by atoms with Crippen LogP contribution < -0.4 is 10.1 Å². The topological polar surface area (TPSA) is 59.9 Å². The first-order valence-corrected chi connectivity index (χ1v) is 10.8. The van der Waals surface area contributed by atoms with Crippen LogP contribution in [0.15, 0.2) is 42.7 Å². The summed E-state index contributed by atoms with van der Waals surface area (Å²) in [6.07, 6.45) is 8.64. The average molecular weight is 424 g/mol. The molecule has 0 saturated carbocycles. The molecule has 162 valence electrons. The van der Waals surface area contributed by atoms with Gasteiger partial charge in [0, 0.05) is 29.5 Å². The Hall–Kier alpha value is -3.09. The maximum atomic E-state index is 12.5. The van der Waals surface area contributed by atoms with Crippen LogP contribution >= 0.6 is 0 Å². The van der Waals surface area contributed by atoms with Gasteiger partial charge in [0.25, 0.3) is 0 Å². The summed E-state index contributed by atoms with van der Waals surface area (Å²) in [5, 5.41) is 4.59. The van der Waals surface area contributed by atoms with Gasteiger partial charge < -0.3 is 10.1 Å². The third kappa shape index (κ3) is 4.65. The normalized spacial score (nSPS) is 13.0. The van der Waals surface area contributed by atoms with Crippen molar-refractivity contribution in [2.75, 3.05) is 5.32 Å². The summed E-state index contributed by atoms with van der Waals surface area (Å²) in [7, 11) is 0. The van der Waals surface area contributed by atoms with Crippen molar-refractivity contribution in [2.24, 2.45) is 0 Å². The van der Waals surface area contributed by atoms with E-state index in [1.807, 2.05) is 12.1 Å². The monoisotopic (exact) mass is 424 g/mol. The number of allylic oxidation sites excluding steroid dienone is 1. The van der Waals surface area contributed by atoms with Gasteiger partial charge in [0.15, 0.2) is 0 Å². The molecule has 0 unspecified atom stereocenters. The molecule has 1 aliphatic carbocycles. The molecule has 4 rings (SSSR count). The molecular weight excluding hydrogens is 398 g/mol. The molecule has 2 heterocycles. The predicted octanol–water partition coefficient (Wildman–Crippen LogP) is 5.99. The van der Waals surface area contributed by atoms with Crippen molar-refractivity contribution in [1.82, 2.24) is 15.0 Å². The number of alkyl halides is 2. The van der Waals surface area contributed by atoms with Crippen LogP contribution in [0.25, 0.3) is 16.5 Å². The molecule has 1 aliphatic rings. The second-order valence-corrected chi connectivity index (χ2v) is 7.72. The molecule has 0 spiro atoms. The molecular formula is C24H26F2N4O. The zero-order valence-electron chi connectivity index (χ0n) is 17.7. The number of rotatable bonds is 9. The first-order chi connectivity index (χ1) is 15.1. The minimum atomic E-state index is -2.88. The van der Waals surface area contributed by atoms with Crippen LogP contribution in [0.2, 0.25) is 0 Å². The Kier molecular flexibility index (Phi) is 6.39. The van der Waals surface area contributed by atoms with E-state index in [1.165, 1.54) is 6.07 Å². The quantitative estimate of drug-likeness (QED) is 0.457. The van der Waals surface area contributed by atoms with E-state index in [0.717, 1.165) is 64.8 Å². The lowest BCUT2D eigenvalue weighted by Crippen LogP contribution is -2.20. The van der Waals surface area contributed by atoms with Crippen LogP contribution in [0.1, 0.15) is 56.4 Å². The van der Waals surface area contributed by atoms with Gasteiger partial charge in [-0.05, 0) is 42.2 Å². The lowest BCUT2D eigenvalue weighted by Gasteiger charge is -2.19. The number of hydrogen-bond donors (Lipinski definition) is 1. The average Bonchev–Trinajstić information content (AvgIpc) is 3.17. The zero-order chi connectivity index (χ0) is 21.8. The molecule has 0 aliphatic heterocycles. The Balaban J connectivity index is 1.66. The molecule has 2 aromatic heterocycles. The lowest BCUT2D eigenvalue weighted by atomic mass is 9.99. The summed E-state index contributed by atoms with van der Waals surface area (Å²) >= 11 is 0. The van der Waals surface area contributed by atoms with Crippen LogP contribution in [0, 0.1) is 0 Å². The predicted molar refractivity (Wildman–Crippen MR) is 118 cm³/mol. The van der Waals surface area contributed by atoms with Crippen molar-refractivity contribution in [2.45, 2.75) is 58.6 Å². The number of nitrogens with one attached hydrogen (secondary N) is 1. The summed E-state index contributed by atoms with van der Waals surface area (Å²) in [5.74, 6) is 0.788. The Bertz CT molecular complexity index is 1090. The number of nitrogens with zero attached hydrogens (tertiary/aromatic N) is 3. The maximum absolute atomic E-state index is 12.5. The smallest absolute Gasteiger partial charge is 0.388 e. The van der Waals surface area contributed by atoms with Gasteiger partial charge in [-0.15, -0.1) is 0 Å². The maximum Gasteiger partial charge on any atom is 0.388 e. The van der Waals surface area contributed by atoms with E-state index in [2.05, 4.69) is 51.0 Å². The lowest BCUT2D eigenvalue weighted by molar-refractivity contribution is -0.0529. The standard InChI is InChI=1S/C24H26F2N4O/c1-3-5-16(6-4-2)29-23-19-13-15(7-10-20(19)27-14-28-23)17-8-11-21-18(17)9-12-22(30-21)31-24(25)26/h7-10,12-14,16,24H,3-6,11H2,1-2H3,(H,27,28,29). The summed E-state index contributed by atoms with van der Waals surface area (Å²) in [6, 6.07) is 9.77. The summed E-state index contributed by atoms with van der Waals surface area (Å²) < 4.78 is 29.4. The Labute approximate surface area is 180 Å². The highest BCUT2D eigenvalue weighted by Crippen LogP contribution is 2.35. The first kappa shape index (κ1) is 21.2. The second kappa shape index (κ2) is 9.37. The van der Waals surface area contributed by atoms with E-state index in [0.29, 0.717) is 12.5 Å². The SMILES string of the molecule is CCCC(CCC)Nc1ncnc2ccc(C3=CCc4nc(OC(F)F)ccc43)cc12. The van der Waals surface area contributed by atoms with E-state index < -0.39 is 6.61 Å². The zero-order valence-corrected chi connectivity index (χ0v) is 17.7. The van der Waals surface area contributed by atoms with Crippen LogP contribution in [-0.4, -0.2) is 27.6 Å². The van der Waals surface area contributed by atoms with Gasteiger partial charge in [-0.2, -0.15) is 8.78 Å². The van der Waals surface area contributed by atoms with E-state index >= 15 is 0 Å². The number of fused-ring (bicyclic) bond motifs is 2. The van der Waals surface area contributed by atoms with Crippen molar-refractivity contribution in [3.05, 3.63) is 59.6 Å². The van der Waals surface area contributed by atoms with Crippen LogP contribution in [0.3, 0.4) is 0 Å². The molecule has 3 aromatic rings. The number of ether oxygens (including phenoxy) is 1. The molecule has 5 nitrogen and oxygen atoms in total. The minimum absolute atomic E-state index is 0.0558. The number of benzene rings is 1. The Morgan fingerprint density at radius 3 is 2.61 bits per heavy atom. The molecule has 1 N–H and O–H groups in total. The van der Waals surface area contributed by atoms with E-state index in [9.17, 15) is 8.78 Å². The van der Waals surface area contributed by atoms with Crippen molar-refractivity contribution in [3.8, 4) is 5.88 Å². The molecule has 7 heteroatoms. The molecule has 0 amide bonds. The fraction of sp³-hybridized carbons (Fsp3) is 0.375. The van der Waals surface area contributed by atoms with Gasteiger partial charge in [-0.25, -0.2) is 15.0 Å².